The Kier molecular flexibility index (Phi) is 3.26. The maximum absolute atomic E-state index is 10.3. The van der Waals surface area contributed by atoms with Crippen LogP contribution in [0.2, 0.25) is 0 Å². The van der Waals surface area contributed by atoms with Gasteiger partial charge in [0.25, 0.3) is 0 Å². The topological polar surface area (TPSA) is 57.5 Å². The lowest BCUT2D eigenvalue weighted by Gasteiger charge is -2.16. The van der Waals surface area contributed by atoms with Gasteiger partial charge in [0.2, 0.25) is 0 Å². The monoisotopic (exact) mass is 158 g/mol. The lowest BCUT2D eigenvalue weighted by molar-refractivity contribution is -0.132. The normalized spacial score (nSPS) is 13.3. The number of hydrogen-bond donors (Lipinski definition) is 2. The molecule has 0 radical (unpaired) electrons. The molecule has 0 aromatic heterocycles. The molecule has 0 spiro atoms. The average Bonchev–Trinajstić information content (AvgIpc) is 1.87. The van der Waals surface area contributed by atoms with Gasteiger partial charge in [-0.05, 0) is 6.92 Å². The molecule has 0 bridgehead atoms. The van der Waals surface area contributed by atoms with Crippen LogP contribution in [0.1, 0.15) is 20.8 Å². The summed E-state index contributed by atoms with van der Waals surface area (Å²) < 4.78 is 0. The SMILES string of the molecule is CC(=CC(C)(C)CO)C(=O)O. The van der Waals surface area contributed by atoms with Crippen LogP contribution in [0.3, 0.4) is 0 Å². The van der Waals surface area contributed by atoms with Gasteiger partial charge in [0.05, 0.1) is 6.61 Å². The highest BCUT2D eigenvalue weighted by Gasteiger charge is 2.14. The van der Waals surface area contributed by atoms with Crippen molar-refractivity contribution in [1.82, 2.24) is 0 Å². The fourth-order valence-electron chi connectivity index (χ4n) is 0.693. The number of aliphatic carboxylic acids is 1. The second kappa shape index (κ2) is 3.53. The predicted molar refractivity (Wildman–Crippen MR) is 42.3 cm³/mol. The van der Waals surface area contributed by atoms with Crippen molar-refractivity contribution < 1.29 is 15.0 Å². The number of carboxylic acids is 1. The molecule has 0 unspecified atom stereocenters. The van der Waals surface area contributed by atoms with Crippen LogP contribution in [0, 0.1) is 5.41 Å². The van der Waals surface area contributed by atoms with Crippen molar-refractivity contribution in [2.75, 3.05) is 6.61 Å². The van der Waals surface area contributed by atoms with E-state index in [-0.39, 0.29) is 12.2 Å². The van der Waals surface area contributed by atoms with Crippen molar-refractivity contribution in [3.8, 4) is 0 Å². The molecule has 0 aliphatic heterocycles. The third kappa shape index (κ3) is 3.78. The first-order valence-electron chi connectivity index (χ1n) is 3.42. The van der Waals surface area contributed by atoms with E-state index in [1.165, 1.54) is 6.92 Å². The first-order chi connectivity index (χ1) is 4.89. The number of carboxylic acid groups (broad SMARTS) is 1. The standard InChI is InChI=1S/C8H14O3/c1-6(7(10)11)4-8(2,3)5-9/h4,9H,5H2,1-3H3,(H,10,11). The molecule has 0 aliphatic rings. The second-order valence-electron chi connectivity index (χ2n) is 3.28. The van der Waals surface area contributed by atoms with Crippen LogP contribution in [0.15, 0.2) is 11.6 Å². The van der Waals surface area contributed by atoms with Crippen molar-refractivity contribution in [3.63, 3.8) is 0 Å². The largest absolute Gasteiger partial charge is 0.478 e. The Labute approximate surface area is 66.4 Å². The molecule has 0 fully saturated rings. The molecule has 0 heterocycles. The highest BCUT2D eigenvalue weighted by Crippen LogP contribution is 2.17. The Bertz CT molecular complexity index is 180. The quantitative estimate of drug-likeness (QED) is 0.603. The van der Waals surface area contributed by atoms with E-state index in [2.05, 4.69) is 0 Å². The minimum Gasteiger partial charge on any atom is -0.478 e. The molecule has 3 heteroatoms. The van der Waals surface area contributed by atoms with Gasteiger partial charge in [-0.3, -0.25) is 0 Å². The van der Waals surface area contributed by atoms with Gasteiger partial charge in [-0.15, -0.1) is 0 Å². The zero-order chi connectivity index (χ0) is 9.07. The molecule has 0 saturated carbocycles. The molecular formula is C8H14O3. The van der Waals surface area contributed by atoms with E-state index in [1.807, 2.05) is 0 Å². The van der Waals surface area contributed by atoms with Crippen molar-refractivity contribution in [2.45, 2.75) is 20.8 Å². The summed E-state index contributed by atoms with van der Waals surface area (Å²) in [7, 11) is 0. The third-order valence-electron chi connectivity index (χ3n) is 1.35. The summed E-state index contributed by atoms with van der Waals surface area (Å²) in [4.78, 5) is 10.3. The summed E-state index contributed by atoms with van der Waals surface area (Å²) in [5, 5.41) is 17.3. The molecule has 2 N–H and O–H groups in total. The maximum Gasteiger partial charge on any atom is 0.330 e. The van der Waals surface area contributed by atoms with Crippen LogP contribution >= 0.6 is 0 Å². The molecule has 64 valence electrons. The van der Waals surface area contributed by atoms with Crippen LogP contribution in [-0.4, -0.2) is 22.8 Å². The lowest BCUT2D eigenvalue weighted by atomic mass is 9.92. The molecule has 0 amide bonds. The minimum absolute atomic E-state index is 0.0440. The van der Waals surface area contributed by atoms with E-state index < -0.39 is 11.4 Å². The Balaban J connectivity index is 4.41. The Hall–Kier alpha value is -0.830. The van der Waals surface area contributed by atoms with E-state index >= 15 is 0 Å². The highest BCUT2D eigenvalue weighted by atomic mass is 16.4. The van der Waals surface area contributed by atoms with Crippen LogP contribution < -0.4 is 0 Å². The Morgan fingerprint density at radius 2 is 2.00 bits per heavy atom. The van der Waals surface area contributed by atoms with Gasteiger partial charge in [0.1, 0.15) is 0 Å². The molecule has 11 heavy (non-hydrogen) atoms. The fraction of sp³-hybridized carbons (Fsp3) is 0.625. The van der Waals surface area contributed by atoms with E-state index in [4.69, 9.17) is 10.2 Å². The van der Waals surface area contributed by atoms with Gasteiger partial charge in [-0.1, -0.05) is 19.9 Å². The molecule has 3 nitrogen and oxygen atoms in total. The van der Waals surface area contributed by atoms with Gasteiger partial charge in [-0.2, -0.15) is 0 Å². The summed E-state index contributed by atoms with van der Waals surface area (Å²) in [6.45, 7) is 5.02. The Morgan fingerprint density at radius 3 is 2.27 bits per heavy atom. The first-order valence-corrected chi connectivity index (χ1v) is 3.42. The predicted octanol–water partition coefficient (Wildman–Crippen LogP) is 1.04. The minimum atomic E-state index is -0.938. The van der Waals surface area contributed by atoms with E-state index in [0.717, 1.165) is 0 Å². The maximum atomic E-state index is 10.3. The molecule has 0 saturated heterocycles. The molecule has 0 rings (SSSR count). The lowest BCUT2D eigenvalue weighted by Crippen LogP contribution is -2.15. The molecule has 0 aromatic carbocycles. The smallest absolute Gasteiger partial charge is 0.330 e. The summed E-state index contributed by atoms with van der Waals surface area (Å²) >= 11 is 0. The van der Waals surface area contributed by atoms with Crippen molar-refractivity contribution in [2.24, 2.45) is 5.41 Å². The van der Waals surface area contributed by atoms with Crippen molar-refractivity contribution in [3.05, 3.63) is 11.6 Å². The van der Waals surface area contributed by atoms with Gasteiger partial charge in [-0.25, -0.2) is 4.79 Å². The van der Waals surface area contributed by atoms with Crippen molar-refractivity contribution in [1.29, 1.82) is 0 Å². The van der Waals surface area contributed by atoms with Crippen LogP contribution in [0.25, 0.3) is 0 Å². The van der Waals surface area contributed by atoms with Gasteiger partial charge in [0, 0.05) is 11.0 Å². The first kappa shape index (κ1) is 10.2. The zero-order valence-electron chi connectivity index (χ0n) is 7.09. The highest BCUT2D eigenvalue weighted by molar-refractivity contribution is 5.85. The zero-order valence-corrected chi connectivity index (χ0v) is 7.09. The summed E-state index contributed by atoms with van der Waals surface area (Å²) in [5.74, 6) is -0.938. The van der Waals surface area contributed by atoms with Crippen LogP contribution in [0.4, 0.5) is 0 Å². The average molecular weight is 158 g/mol. The fourth-order valence-corrected chi connectivity index (χ4v) is 0.693. The number of carbonyl (C=O) groups is 1. The summed E-state index contributed by atoms with van der Waals surface area (Å²) in [6, 6.07) is 0. The molecular weight excluding hydrogens is 144 g/mol. The van der Waals surface area contributed by atoms with Crippen molar-refractivity contribution >= 4 is 5.97 Å². The van der Waals surface area contributed by atoms with Gasteiger partial charge in [0.15, 0.2) is 0 Å². The summed E-state index contributed by atoms with van der Waals surface area (Å²) in [6.07, 6.45) is 1.55. The molecule has 0 aliphatic carbocycles. The third-order valence-corrected chi connectivity index (χ3v) is 1.35. The van der Waals surface area contributed by atoms with Crippen LogP contribution in [0.5, 0.6) is 0 Å². The van der Waals surface area contributed by atoms with Gasteiger partial charge < -0.3 is 10.2 Å². The van der Waals surface area contributed by atoms with E-state index in [0.29, 0.717) is 0 Å². The van der Waals surface area contributed by atoms with E-state index in [9.17, 15) is 4.79 Å². The number of aliphatic hydroxyl groups excluding tert-OH is 1. The van der Waals surface area contributed by atoms with E-state index in [1.54, 1.807) is 19.9 Å². The number of rotatable bonds is 3. The Morgan fingerprint density at radius 1 is 1.55 bits per heavy atom. The summed E-state index contributed by atoms with van der Waals surface area (Å²) in [5.41, 5.74) is -0.174. The second-order valence-corrected chi connectivity index (χ2v) is 3.28. The number of hydrogen-bond acceptors (Lipinski definition) is 2. The van der Waals surface area contributed by atoms with Gasteiger partial charge >= 0.3 is 5.97 Å². The van der Waals surface area contributed by atoms with Crippen LogP contribution in [-0.2, 0) is 4.79 Å². The molecule has 0 atom stereocenters. The number of aliphatic hydroxyl groups is 1. The molecule has 0 aromatic rings.